The Morgan fingerprint density at radius 2 is 1.38 bits per heavy atom. The van der Waals surface area contributed by atoms with Crippen LogP contribution in [0.2, 0.25) is 0 Å². The van der Waals surface area contributed by atoms with Gasteiger partial charge in [0.05, 0.1) is 5.56 Å². The molecule has 0 amide bonds. The SMILES string of the molecule is CC(C)c1ccc(-c2ccc(OCc3ccc(C(=O)O)cc3)cc2)cc1. The number of hydrogen-bond donors (Lipinski definition) is 1. The summed E-state index contributed by atoms with van der Waals surface area (Å²) < 4.78 is 5.79. The molecule has 1 N–H and O–H groups in total. The third-order valence-electron chi connectivity index (χ3n) is 4.37. The lowest BCUT2D eigenvalue weighted by atomic mass is 9.99. The van der Waals surface area contributed by atoms with Crippen LogP contribution in [0.5, 0.6) is 5.75 Å². The van der Waals surface area contributed by atoms with Crippen LogP contribution in [0.25, 0.3) is 11.1 Å². The lowest BCUT2D eigenvalue weighted by Gasteiger charge is -2.09. The second-order valence-corrected chi connectivity index (χ2v) is 6.59. The molecule has 3 heteroatoms. The maximum absolute atomic E-state index is 10.9. The van der Waals surface area contributed by atoms with Crippen molar-refractivity contribution in [3.8, 4) is 16.9 Å². The lowest BCUT2D eigenvalue weighted by molar-refractivity contribution is 0.0697. The minimum Gasteiger partial charge on any atom is -0.489 e. The molecule has 0 fully saturated rings. The van der Waals surface area contributed by atoms with Crippen molar-refractivity contribution < 1.29 is 14.6 Å². The van der Waals surface area contributed by atoms with Gasteiger partial charge in [-0.1, -0.05) is 62.4 Å². The smallest absolute Gasteiger partial charge is 0.335 e. The van der Waals surface area contributed by atoms with E-state index >= 15 is 0 Å². The Kier molecular flexibility index (Phi) is 5.37. The summed E-state index contributed by atoms with van der Waals surface area (Å²) in [5, 5.41) is 8.91. The Morgan fingerprint density at radius 3 is 1.88 bits per heavy atom. The van der Waals surface area contributed by atoms with E-state index in [9.17, 15) is 4.79 Å². The van der Waals surface area contributed by atoms with Gasteiger partial charge in [-0.15, -0.1) is 0 Å². The summed E-state index contributed by atoms with van der Waals surface area (Å²) in [7, 11) is 0. The summed E-state index contributed by atoms with van der Waals surface area (Å²) in [5.74, 6) is 0.397. The normalized spacial score (nSPS) is 10.7. The van der Waals surface area contributed by atoms with Crippen LogP contribution in [0, 0.1) is 0 Å². The zero-order valence-electron chi connectivity index (χ0n) is 15.0. The van der Waals surface area contributed by atoms with Crippen LogP contribution < -0.4 is 4.74 Å². The topological polar surface area (TPSA) is 46.5 Å². The van der Waals surface area contributed by atoms with E-state index in [0.29, 0.717) is 12.5 Å². The molecule has 0 aliphatic heterocycles. The van der Waals surface area contributed by atoms with Gasteiger partial charge in [0.15, 0.2) is 0 Å². The molecule has 0 saturated heterocycles. The lowest BCUT2D eigenvalue weighted by Crippen LogP contribution is -1.98. The summed E-state index contributed by atoms with van der Waals surface area (Å²) in [5.41, 5.74) is 4.89. The predicted molar refractivity (Wildman–Crippen MR) is 104 cm³/mol. The van der Waals surface area contributed by atoms with Crippen molar-refractivity contribution in [1.29, 1.82) is 0 Å². The standard InChI is InChI=1S/C23H22O3/c1-16(2)18-7-9-19(10-8-18)20-11-13-22(14-12-20)26-15-17-3-5-21(6-4-17)23(24)25/h3-14,16H,15H2,1-2H3,(H,24,25). The van der Waals surface area contributed by atoms with Gasteiger partial charge in [0.2, 0.25) is 0 Å². The minimum absolute atomic E-state index is 0.279. The Morgan fingerprint density at radius 1 is 0.846 bits per heavy atom. The van der Waals surface area contributed by atoms with Gasteiger partial charge in [-0.3, -0.25) is 0 Å². The molecule has 0 unspecified atom stereocenters. The van der Waals surface area contributed by atoms with Gasteiger partial charge >= 0.3 is 5.97 Å². The molecular formula is C23H22O3. The summed E-state index contributed by atoms with van der Waals surface area (Å²) in [6.45, 7) is 4.79. The second-order valence-electron chi connectivity index (χ2n) is 6.59. The first-order chi connectivity index (χ1) is 12.5. The van der Waals surface area contributed by atoms with E-state index in [1.807, 2.05) is 24.3 Å². The quantitative estimate of drug-likeness (QED) is 0.618. The molecule has 26 heavy (non-hydrogen) atoms. The molecule has 0 bridgehead atoms. The first kappa shape index (κ1) is 17.7. The highest BCUT2D eigenvalue weighted by Gasteiger charge is 2.04. The van der Waals surface area contributed by atoms with E-state index in [4.69, 9.17) is 9.84 Å². The second kappa shape index (κ2) is 7.87. The Hall–Kier alpha value is -3.07. The monoisotopic (exact) mass is 346 g/mol. The number of carboxylic acid groups (broad SMARTS) is 1. The van der Waals surface area contributed by atoms with Crippen LogP contribution in [0.4, 0.5) is 0 Å². The number of ether oxygens (including phenoxy) is 1. The van der Waals surface area contributed by atoms with Crippen LogP contribution >= 0.6 is 0 Å². The zero-order valence-corrected chi connectivity index (χ0v) is 15.0. The molecule has 0 aliphatic rings. The predicted octanol–water partition coefficient (Wildman–Crippen LogP) is 5.75. The van der Waals surface area contributed by atoms with Crippen molar-refractivity contribution in [2.24, 2.45) is 0 Å². The summed E-state index contributed by atoms with van der Waals surface area (Å²) in [6.07, 6.45) is 0. The number of aromatic carboxylic acids is 1. The maximum Gasteiger partial charge on any atom is 0.335 e. The Balaban J connectivity index is 1.63. The van der Waals surface area contributed by atoms with Crippen LogP contribution in [0.1, 0.15) is 41.3 Å². The first-order valence-electron chi connectivity index (χ1n) is 8.68. The molecule has 0 spiro atoms. The van der Waals surface area contributed by atoms with Crippen LogP contribution in [0.3, 0.4) is 0 Å². The van der Waals surface area contributed by atoms with Crippen molar-refractivity contribution in [3.05, 3.63) is 89.5 Å². The highest BCUT2D eigenvalue weighted by molar-refractivity contribution is 5.87. The molecule has 3 rings (SSSR count). The van der Waals surface area contributed by atoms with E-state index in [1.54, 1.807) is 24.3 Å². The number of rotatable bonds is 6. The number of carboxylic acids is 1. The number of hydrogen-bond acceptors (Lipinski definition) is 2. The number of benzene rings is 3. The maximum atomic E-state index is 10.9. The summed E-state index contributed by atoms with van der Waals surface area (Å²) in [6, 6.07) is 23.4. The molecule has 3 aromatic rings. The third-order valence-corrected chi connectivity index (χ3v) is 4.37. The van der Waals surface area contributed by atoms with E-state index in [0.717, 1.165) is 16.9 Å². The molecule has 0 aliphatic carbocycles. The van der Waals surface area contributed by atoms with Gasteiger partial charge in [0.1, 0.15) is 12.4 Å². The fourth-order valence-corrected chi connectivity index (χ4v) is 2.71. The van der Waals surface area contributed by atoms with E-state index in [-0.39, 0.29) is 5.56 Å². The summed E-state index contributed by atoms with van der Waals surface area (Å²) in [4.78, 5) is 10.9. The molecule has 132 valence electrons. The highest BCUT2D eigenvalue weighted by atomic mass is 16.5. The Labute approximate surface area is 153 Å². The van der Waals surface area contributed by atoms with Crippen LogP contribution in [-0.2, 0) is 6.61 Å². The molecular weight excluding hydrogens is 324 g/mol. The highest BCUT2D eigenvalue weighted by Crippen LogP contribution is 2.25. The van der Waals surface area contributed by atoms with Crippen LogP contribution in [0.15, 0.2) is 72.8 Å². The van der Waals surface area contributed by atoms with Gasteiger partial charge < -0.3 is 9.84 Å². The molecule has 0 saturated carbocycles. The summed E-state index contributed by atoms with van der Waals surface area (Å²) >= 11 is 0. The average molecular weight is 346 g/mol. The van der Waals surface area contributed by atoms with Gasteiger partial charge in [0, 0.05) is 0 Å². The van der Waals surface area contributed by atoms with Crippen molar-refractivity contribution >= 4 is 5.97 Å². The number of carbonyl (C=O) groups is 1. The average Bonchev–Trinajstić information content (AvgIpc) is 2.67. The third kappa shape index (κ3) is 4.31. The van der Waals surface area contributed by atoms with Crippen molar-refractivity contribution in [3.63, 3.8) is 0 Å². The molecule has 0 atom stereocenters. The fourth-order valence-electron chi connectivity index (χ4n) is 2.71. The zero-order chi connectivity index (χ0) is 18.5. The van der Waals surface area contributed by atoms with Crippen molar-refractivity contribution in [1.82, 2.24) is 0 Å². The van der Waals surface area contributed by atoms with Crippen molar-refractivity contribution in [2.45, 2.75) is 26.4 Å². The molecule has 3 nitrogen and oxygen atoms in total. The fraction of sp³-hybridized carbons (Fsp3) is 0.174. The molecule has 0 radical (unpaired) electrons. The van der Waals surface area contributed by atoms with E-state index in [1.165, 1.54) is 11.1 Å². The first-order valence-corrected chi connectivity index (χ1v) is 8.68. The molecule has 0 heterocycles. The van der Waals surface area contributed by atoms with Crippen molar-refractivity contribution in [2.75, 3.05) is 0 Å². The van der Waals surface area contributed by atoms with Gasteiger partial charge in [-0.25, -0.2) is 4.79 Å². The van der Waals surface area contributed by atoms with E-state index in [2.05, 4.69) is 38.1 Å². The van der Waals surface area contributed by atoms with Crippen LogP contribution in [-0.4, -0.2) is 11.1 Å². The van der Waals surface area contributed by atoms with E-state index < -0.39 is 5.97 Å². The largest absolute Gasteiger partial charge is 0.489 e. The van der Waals surface area contributed by atoms with Gasteiger partial charge in [-0.05, 0) is 52.4 Å². The molecule has 0 aromatic heterocycles. The van der Waals surface area contributed by atoms with Gasteiger partial charge in [0.25, 0.3) is 0 Å². The Bertz CT molecular complexity index is 861. The minimum atomic E-state index is -0.922. The van der Waals surface area contributed by atoms with Gasteiger partial charge in [-0.2, -0.15) is 0 Å². The molecule has 3 aromatic carbocycles.